The highest BCUT2D eigenvalue weighted by Crippen LogP contribution is 2.21. The van der Waals surface area contributed by atoms with E-state index in [0.717, 1.165) is 11.1 Å². The van der Waals surface area contributed by atoms with Crippen LogP contribution in [0.25, 0.3) is 0 Å². The summed E-state index contributed by atoms with van der Waals surface area (Å²) in [6.07, 6.45) is 0. The summed E-state index contributed by atoms with van der Waals surface area (Å²) in [5.74, 6) is -0.542. The van der Waals surface area contributed by atoms with E-state index >= 15 is 0 Å². The Balaban J connectivity index is 1.74. The lowest BCUT2D eigenvalue weighted by molar-refractivity contribution is -0.150. The van der Waals surface area contributed by atoms with Crippen molar-refractivity contribution in [1.82, 2.24) is 5.32 Å². The molecule has 0 heterocycles. The highest BCUT2D eigenvalue weighted by Gasteiger charge is 2.13. The summed E-state index contributed by atoms with van der Waals surface area (Å²) in [6.45, 7) is 2.97. The van der Waals surface area contributed by atoms with E-state index in [1.54, 1.807) is 36.4 Å². The van der Waals surface area contributed by atoms with Crippen molar-refractivity contribution in [3.63, 3.8) is 0 Å². The van der Waals surface area contributed by atoms with E-state index < -0.39 is 11.9 Å². The number of aryl methyl sites for hydroxylation is 1. The highest BCUT2D eigenvalue weighted by molar-refractivity contribution is 6.31. The number of halogens is 2. The molecule has 7 heteroatoms. The fourth-order valence-corrected chi connectivity index (χ4v) is 2.50. The summed E-state index contributed by atoms with van der Waals surface area (Å²) >= 11 is 11.9. The Morgan fingerprint density at radius 3 is 2.58 bits per heavy atom. The molecule has 0 saturated heterocycles. The molecule has 0 aliphatic heterocycles. The van der Waals surface area contributed by atoms with Gasteiger partial charge >= 0.3 is 5.97 Å². The lowest BCUT2D eigenvalue weighted by Crippen LogP contribution is -2.31. The molecule has 1 N–H and O–H groups in total. The number of rotatable bonds is 7. The molecule has 0 unspecified atom stereocenters. The Hall–Kier alpha value is -2.24. The molecule has 0 fully saturated rings. The van der Waals surface area contributed by atoms with Crippen molar-refractivity contribution in [2.45, 2.75) is 19.9 Å². The van der Waals surface area contributed by atoms with Gasteiger partial charge in [-0.15, -0.1) is 0 Å². The third-order valence-corrected chi connectivity index (χ3v) is 4.24. The number of esters is 1. The zero-order valence-corrected chi connectivity index (χ0v) is 15.9. The molecule has 0 aliphatic carbocycles. The number of benzene rings is 2. The van der Waals surface area contributed by atoms with E-state index in [2.05, 4.69) is 5.32 Å². The molecule has 2 aromatic rings. The smallest absolute Gasteiger partial charge is 0.344 e. The van der Waals surface area contributed by atoms with Gasteiger partial charge in [-0.1, -0.05) is 35.3 Å². The van der Waals surface area contributed by atoms with Crippen molar-refractivity contribution in [3.8, 4) is 5.75 Å². The molecule has 2 rings (SSSR count). The van der Waals surface area contributed by atoms with E-state index in [0.29, 0.717) is 15.8 Å². The van der Waals surface area contributed by atoms with E-state index in [9.17, 15) is 9.59 Å². The second-order valence-corrected chi connectivity index (χ2v) is 6.55. The first-order valence-electron chi connectivity index (χ1n) is 7.94. The van der Waals surface area contributed by atoms with Crippen molar-refractivity contribution < 1.29 is 19.1 Å². The van der Waals surface area contributed by atoms with E-state index in [1.165, 1.54) is 0 Å². The molecule has 0 saturated carbocycles. The third-order valence-electron chi connectivity index (χ3n) is 3.58. The molecule has 26 heavy (non-hydrogen) atoms. The summed E-state index contributed by atoms with van der Waals surface area (Å²) in [7, 11) is 0. The minimum Gasteiger partial charge on any atom is -0.482 e. The van der Waals surface area contributed by atoms with Crippen molar-refractivity contribution in [2.24, 2.45) is 0 Å². The first-order valence-corrected chi connectivity index (χ1v) is 8.70. The van der Waals surface area contributed by atoms with Crippen LogP contribution in [-0.4, -0.2) is 25.1 Å². The fraction of sp³-hybridized carbons (Fsp3) is 0.263. The molecular weight excluding hydrogens is 377 g/mol. The van der Waals surface area contributed by atoms with E-state index in [1.807, 2.05) is 19.9 Å². The van der Waals surface area contributed by atoms with Crippen molar-refractivity contribution >= 4 is 35.1 Å². The summed E-state index contributed by atoms with van der Waals surface area (Å²) in [5, 5.41) is 3.94. The second kappa shape index (κ2) is 9.46. The van der Waals surface area contributed by atoms with Crippen LogP contribution < -0.4 is 10.1 Å². The summed E-state index contributed by atoms with van der Waals surface area (Å²) < 4.78 is 10.2. The number of hydrogen-bond donors (Lipinski definition) is 1. The Labute approximate surface area is 162 Å². The van der Waals surface area contributed by atoms with Gasteiger partial charge < -0.3 is 14.8 Å². The Morgan fingerprint density at radius 2 is 1.88 bits per heavy atom. The zero-order chi connectivity index (χ0) is 19.1. The lowest BCUT2D eigenvalue weighted by Gasteiger charge is -2.14. The minimum absolute atomic E-state index is 0.256. The largest absolute Gasteiger partial charge is 0.482 e. The monoisotopic (exact) mass is 395 g/mol. The average Bonchev–Trinajstić information content (AvgIpc) is 2.61. The van der Waals surface area contributed by atoms with Gasteiger partial charge in [0, 0.05) is 10.0 Å². The van der Waals surface area contributed by atoms with Gasteiger partial charge in [0.1, 0.15) is 5.75 Å². The van der Waals surface area contributed by atoms with Crippen LogP contribution in [0, 0.1) is 6.92 Å². The number of ether oxygens (including phenoxy) is 2. The molecule has 1 atom stereocenters. The Bertz CT molecular complexity index is 795. The molecule has 2 aromatic carbocycles. The molecular formula is C19H19Cl2NO4. The fourth-order valence-electron chi connectivity index (χ4n) is 2.18. The number of nitrogens with one attached hydrogen (secondary N) is 1. The minimum atomic E-state index is -0.636. The van der Waals surface area contributed by atoms with Gasteiger partial charge in [0.15, 0.2) is 13.2 Å². The molecule has 1 amide bonds. The van der Waals surface area contributed by atoms with Crippen LogP contribution in [0.1, 0.15) is 24.1 Å². The predicted molar refractivity (Wildman–Crippen MR) is 101 cm³/mol. The molecule has 5 nitrogen and oxygen atoms in total. The predicted octanol–water partition coefficient (Wildman–Crippen LogP) is 4.10. The first-order chi connectivity index (χ1) is 12.3. The van der Waals surface area contributed by atoms with Crippen molar-refractivity contribution in [2.75, 3.05) is 13.2 Å². The summed E-state index contributed by atoms with van der Waals surface area (Å²) in [5.41, 5.74) is 1.70. The van der Waals surface area contributed by atoms with Crippen LogP contribution in [0.3, 0.4) is 0 Å². The molecule has 0 radical (unpaired) electrons. The topological polar surface area (TPSA) is 64.6 Å². The van der Waals surface area contributed by atoms with Gasteiger partial charge in [-0.2, -0.15) is 0 Å². The van der Waals surface area contributed by atoms with Crippen LogP contribution in [-0.2, 0) is 14.3 Å². The Morgan fingerprint density at radius 1 is 1.12 bits per heavy atom. The first kappa shape index (κ1) is 20.1. The van der Waals surface area contributed by atoms with E-state index in [4.69, 9.17) is 32.7 Å². The average molecular weight is 396 g/mol. The van der Waals surface area contributed by atoms with Gasteiger partial charge in [-0.3, -0.25) is 4.79 Å². The third kappa shape index (κ3) is 6.24. The maximum atomic E-state index is 11.9. The van der Waals surface area contributed by atoms with Crippen molar-refractivity contribution in [1.29, 1.82) is 0 Å². The molecule has 0 spiro atoms. The van der Waals surface area contributed by atoms with Crippen LogP contribution in [0.15, 0.2) is 42.5 Å². The van der Waals surface area contributed by atoms with Gasteiger partial charge in [0.05, 0.1) is 6.04 Å². The lowest BCUT2D eigenvalue weighted by atomic mass is 10.1. The molecule has 0 aromatic heterocycles. The molecule has 0 bridgehead atoms. The van der Waals surface area contributed by atoms with Crippen molar-refractivity contribution in [3.05, 3.63) is 63.6 Å². The Kier molecular flexibility index (Phi) is 7.30. The number of hydrogen-bond acceptors (Lipinski definition) is 4. The van der Waals surface area contributed by atoms with Crippen LogP contribution in [0.5, 0.6) is 5.75 Å². The second-order valence-electron chi connectivity index (χ2n) is 5.70. The maximum Gasteiger partial charge on any atom is 0.344 e. The van der Waals surface area contributed by atoms with Crippen LogP contribution >= 0.6 is 23.2 Å². The normalized spacial score (nSPS) is 11.5. The summed E-state index contributed by atoms with van der Waals surface area (Å²) in [6, 6.07) is 12.0. The quantitative estimate of drug-likeness (QED) is 0.716. The SMILES string of the molecule is Cc1cc(OCC(=O)OCC(=O)N[C@H](C)c2cccc(Cl)c2)ccc1Cl. The van der Waals surface area contributed by atoms with E-state index in [-0.39, 0.29) is 19.3 Å². The van der Waals surface area contributed by atoms with Crippen LogP contribution in [0.2, 0.25) is 10.0 Å². The van der Waals surface area contributed by atoms with Gasteiger partial charge in [0.25, 0.3) is 5.91 Å². The number of carbonyl (C=O) groups excluding carboxylic acids is 2. The zero-order valence-electron chi connectivity index (χ0n) is 14.4. The van der Waals surface area contributed by atoms with Gasteiger partial charge in [-0.05, 0) is 55.3 Å². The molecule has 0 aliphatic rings. The standard InChI is InChI=1S/C19H19Cl2NO4/c1-12-8-16(6-7-17(12)21)25-11-19(24)26-10-18(23)22-13(2)14-4-3-5-15(20)9-14/h3-9,13H,10-11H2,1-2H3,(H,22,23)/t13-/m1/s1. The van der Waals surface area contributed by atoms with Crippen LogP contribution in [0.4, 0.5) is 0 Å². The van der Waals surface area contributed by atoms with Gasteiger partial charge in [-0.25, -0.2) is 4.79 Å². The molecule has 138 valence electrons. The number of carbonyl (C=O) groups is 2. The highest BCUT2D eigenvalue weighted by atomic mass is 35.5. The summed E-state index contributed by atoms with van der Waals surface area (Å²) in [4.78, 5) is 23.6. The number of amides is 1. The maximum absolute atomic E-state index is 11.9. The van der Waals surface area contributed by atoms with Gasteiger partial charge in [0.2, 0.25) is 0 Å².